The number of aromatic amines is 1. The van der Waals surface area contributed by atoms with Crippen LogP contribution in [0.25, 0.3) is 0 Å². The average molecular weight is 233 g/mol. The molecule has 0 amide bonds. The van der Waals surface area contributed by atoms with Gasteiger partial charge in [-0.25, -0.2) is 4.39 Å². The fourth-order valence-electron chi connectivity index (χ4n) is 1.84. The SMILES string of the molecule is CC(N[C@@H](C)c1cccc(F)c1)c1ccn[nH]1. The van der Waals surface area contributed by atoms with Crippen molar-refractivity contribution in [2.45, 2.75) is 25.9 Å². The van der Waals surface area contributed by atoms with Crippen LogP contribution in [-0.2, 0) is 0 Å². The molecule has 0 saturated heterocycles. The first kappa shape index (κ1) is 11.8. The van der Waals surface area contributed by atoms with Crippen molar-refractivity contribution < 1.29 is 4.39 Å². The Morgan fingerprint density at radius 1 is 1.24 bits per heavy atom. The predicted octanol–water partition coefficient (Wildman–Crippen LogP) is 2.96. The number of nitrogens with zero attached hydrogens (tertiary/aromatic N) is 1. The molecule has 1 aromatic heterocycles. The van der Waals surface area contributed by atoms with E-state index >= 15 is 0 Å². The van der Waals surface area contributed by atoms with Gasteiger partial charge in [-0.2, -0.15) is 5.10 Å². The van der Waals surface area contributed by atoms with Crippen LogP contribution in [0.4, 0.5) is 4.39 Å². The van der Waals surface area contributed by atoms with Crippen LogP contribution in [0.5, 0.6) is 0 Å². The molecular formula is C13H16FN3. The van der Waals surface area contributed by atoms with E-state index in [2.05, 4.69) is 15.5 Å². The molecule has 90 valence electrons. The lowest BCUT2D eigenvalue weighted by Crippen LogP contribution is -2.22. The van der Waals surface area contributed by atoms with Gasteiger partial charge in [0.1, 0.15) is 5.82 Å². The smallest absolute Gasteiger partial charge is 0.123 e. The second-order valence-electron chi connectivity index (χ2n) is 4.18. The van der Waals surface area contributed by atoms with Crippen molar-refractivity contribution in [2.24, 2.45) is 0 Å². The summed E-state index contributed by atoms with van der Waals surface area (Å²) >= 11 is 0. The summed E-state index contributed by atoms with van der Waals surface area (Å²) in [4.78, 5) is 0. The van der Waals surface area contributed by atoms with Crippen molar-refractivity contribution in [2.75, 3.05) is 0 Å². The van der Waals surface area contributed by atoms with Gasteiger partial charge in [-0.15, -0.1) is 0 Å². The summed E-state index contributed by atoms with van der Waals surface area (Å²) in [6.45, 7) is 4.06. The molecule has 0 fully saturated rings. The molecule has 2 aromatic rings. The number of nitrogens with one attached hydrogen (secondary N) is 2. The number of rotatable bonds is 4. The maximum atomic E-state index is 13.1. The zero-order valence-corrected chi connectivity index (χ0v) is 9.94. The Labute approximate surface area is 100 Å². The second-order valence-corrected chi connectivity index (χ2v) is 4.18. The van der Waals surface area contributed by atoms with E-state index in [4.69, 9.17) is 0 Å². The molecule has 1 unspecified atom stereocenters. The largest absolute Gasteiger partial charge is 0.302 e. The topological polar surface area (TPSA) is 40.7 Å². The molecule has 4 heteroatoms. The van der Waals surface area contributed by atoms with Gasteiger partial charge in [0.15, 0.2) is 0 Å². The Hall–Kier alpha value is -1.68. The average Bonchev–Trinajstić information content (AvgIpc) is 2.82. The zero-order chi connectivity index (χ0) is 12.3. The lowest BCUT2D eigenvalue weighted by Gasteiger charge is -2.19. The second kappa shape index (κ2) is 5.10. The lowest BCUT2D eigenvalue weighted by atomic mass is 10.1. The van der Waals surface area contributed by atoms with Crippen LogP contribution < -0.4 is 5.32 Å². The Morgan fingerprint density at radius 3 is 2.71 bits per heavy atom. The Balaban J connectivity index is 2.04. The van der Waals surface area contributed by atoms with Gasteiger partial charge in [0.05, 0.1) is 5.69 Å². The number of hydrogen-bond acceptors (Lipinski definition) is 2. The van der Waals surface area contributed by atoms with Crippen LogP contribution in [0, 0.1) is 5.82 Å². The molecule has 2 atom stereocenters. The highest BCUT2D eigenvalue weighted by Gasteiger charge is 2.12. The fourth-order valence-corrected chi connectivity index (χ4v) is 1.84. The number of halogens is 1. The summed E-state index contributed by atoms with van der Waals surface area (Å²) in [5.41, 5.74) is 1.96. The highest BCUT2D eigenvalue weighted by atomic mass is 19.1. The molecular weight excluding hydrogens is 217 g/mol. The Bertz CT molecular complexity index is 467. The summed E-state index contributed by atoms with van der Waals surface area (Å²) in [5, 5.41) is 10.2. The van der Waals surface area contributed by atoms with Gasteiger partial charge in [0, 0.05) is 18.3 Å². The monoisotopic (exact) mass is 233 g/mol. The van der Waals surface area contributed by atoms with Crippen molar-refractivity contribution >= 4 is 0 Å². The number of aromatic nitrogens is 2. The minimum absolute atomic E-state index is 0.0870. The van der Waals surface area contributed by atoms with Crippen LogP contribution in [-0.4, -0.2) is 10.2 Å². The molecule has 0 aliphatic rings. The quantitative estimate of drug-likeness (QED) is 0.852. The molecule has 0 saturated carbocycles. The highest BCUT2D eigenvalue weighted by Crippen LogP contribution is 2.18. The van der Waals surface area contributed by atoms with Gasteiger partial charge >= 0.3 is 0 Å². The van der Waals surface area contributed by atoms with E-state index in [9.17, 15) is 4.39 Å². The Kier molecular flexibility index (Phi) is 3.54. The third kappa shape index (κ3) is 2.91. The van der Waals surface area contributed by atoms with E-state index in [0.717, 1.165) is 11.3 Å². The summed E-state index contributed by atoms with van der Waals surface area (Å²) in [7, 11) is 0. The van der Waals surface area contributed by atoms with E-state index in [1.165, 1.54) is 6.07 Å². The predicted molar refractivity (Wildman–Crippen MR) is 65.0 cm³/mol. The summed E-state index contributed by atoms with van der Waals surface area (Å²) in [6, 6.07) is 8.81. The van der Waals surface area contributed by atoms with Gasteiger partial charge in [-0.05, 0) is 37.6 Å². The molecule has 1 heterocycles. The van der Waals surface area contributed by atoms with Crippen molar-refractivity contribution in [3.8, 4) is 0 Å². The van der Waals surface area contributed by atoms with Crippen molar-refractivity contribution in [3.63, 3.8) is 0 Å². The summed E-state index contributed by atoms with van der Waals surface area (Å²) < 4.78 is 13.1. The molecule has 0 bridgehead atoms. The maximum Gasteiger partial charge on any atom is 0.123 e. The van der Waals surface area contributed by atoms with Crippen LogP contribution in [0.3, 0.4) is 0 Å². The van der Waals surface area contributed by atoms with Crippen LogP contribution >= 0.6 is 0 Å². The van der Waals surface area contributed by atoms with Crippen molar-refractivity contribution in [1.29, 1.82) is 0 Å². The first-order valence-corrected chi connectivity index (χ1v) is 5.67. The van der Waals surface area contributed by atoms with Crippen LogP contribution in [0.2, 0.25) is 0 Å². The summed E-state index contributed by atoms with van der Waals surface area (Å²) in [6.07, 6.45) is 1.72. The minimum Gasteiger partial charge on any atom is -0.302 e. The van der Waals surface area contributed by atoms with E-state index in [1.54, 1.807) is 18.3 Å². The van der Waals surface area contributed by atoms with Gasteiger partial charge in [0.25, 0.3) is 0 Å². The van der Waals surface area contributed by atoms with E-state index in [1.807, 2.05) is 26.0 Å². The normalized spacial score (nSPS) is 14.5. The number of benzene rings is 1. The molecule has 0 aliphatic carbocycles. The maximum absolute atomic E-state index is 13.1. The lowest BCUT2D eigenvalue weighted by molar-refractivity contribution is 0.483. The molecule has 3 nitrogen and oxygen atoms in total. The Morgan fingerprint density at radius 2 is 2.06 bits per heavy atom. The van der Waals surface area contributed by atoms with E-state index in [0.29, 0.717) is 0 Å². The summed E-state index contributed by atoms with van der Waals surface area (Å²) in [5.74, 6) is -0.203. The fraction of sp³-hybridized carbons (Fsp3) is 0.308. The third-order valence-corrected chi connectivity index (χ3v) is 2.84. The number of H-pyrrole nitrogens is 1. The van der Waals surface area contributed by atoms with Gasteiger partial charge in [-0.3, -0.25) is 5.10 Å². The highest BCUT2D eigenvalue weighted by molar-refractivity contribution is 5.20. The number of hydrogen-bond donors (Lipinski definition) is 2. The third-order valence-electron chi connectivity index (χ3n) is 2.84. The molecule has 1 aromatic carbocycles. The van der Waals surface area contributed by atoms with Crippen LogP contribution in [0.15, 0.2) is 36.5 Å². The molecule has 17 heavy (non-hydrogen) atoms. The van der Waals surface area contributed by atoms with Gasteiger partial charge in [0.2, 0.25) is 0 Å². The standard InChI is InChI=1S/C13H16FN3/c1-9(11-4-3-5-12(14)8-11)16-10(2)13-6-7-15-17-13/h3-10,16H,1-2H3,(H,15,17)/t9-,10?/m0/s1. The molecule has 2 N–H and O–H groups in total. The molecule has 0 spiro atoms. The minimum atomic E-state index is -0.203. The van der Waals surface area contributed by atoms with Crippen LogP contribution in [0.1, 0.15) is 37.2 Å². The molecule has 2 rings (SSSR count). The van der Waals surface area contributed by atoms with Gasteiger partial charge in [-0.1, -0.05) is 12.1 Å². The zero-order valence-electron chi connectivity index (χ0n) is 9.94. The van der Waals surface area contributed by atoms with Crippen molar-refractivity contribution in [3.05, 3.63) is 53.6 Å². The van der Waals surface area contributed by atoms with Crippen molar-refractivity contribution in [1.82, 2.24) is 15.5 Å². The van der Waals surface area contributed by atoms with E-state index in [-0.39, 0.29) is 17.9 Å². The van der Waals surface area contributed by atoms with E-state index < -0.39 is 0 Å². The molecule has 0 radical (unpaired) electrons. The first-order chi connectivity index (χ1) is 8.16. The van der Waals surface area contributed by atoms with Gasteiger partial charge < -0.3 is 5.32 Å². The first-order valence-electron chi connectivity index (χ1n) is 5.67. The molecule has 0 aliphatic heterocycles.